The maximum Gasteiger partial charge on any atom is 0.232 e. The zero-order valence-corrected chi connectivity index (χ0v) is 12.5. The maximum atomic E-state index is 12.2. The number of hydrogen-bond acceptors (Lipinski definition) is 3. The van der Waals surface area contributed by atoms with Gasteiger partial charge in [-0.25, -0.2) is 0 Å². The van der Waals surface area contributed by atoms with Crippen LogP contribution in [0.3, 0.4) is 0 Å². The number of hydrogen-bond donors (Lipinski definition) is 1. The third-order valence-electron chi connectivity index (χ3n) is 3.79. The van der Waals surface area contributed by atoms with Gasteiger partial charge in [-0.1, -0.05) is 24.6 Å². The molecule has 0 radical (unpaired) electrons. The third-order valence-corrected chi connectivity index (χ3v) is 4.78. The van der Waals surface area contributed by atoms with Gasteiger partial charge in [-0.2, -0.15) is 0 Å². The Kier molecular flexibility index (Phi) is 4.53. The maximum absolute atomic E-state index is 12.2. The van der Waals surface area contributed by atoms with Gasteiger partial charge >= 0.3 is 0 Å². The van der Waals surface area contributed by atoms with Crippen LogP contribution in [0.1, 0.15) is 18.9 Å². The lowest BCUT2D eigenvalue weighted by Crippen LogP contribution is -2.35. The summed E-state index contributed by atoms with van der Waals surface area (Å²) in [5, 5.41) is 0. The van der Waals surface area contributed by atoms with E-state index in [9.17, 15) is 4.79 Å². The van der Waals surface area contributed by atoms with E-state index in [4.69, 9.17) is 5.73 Å². The molecule has 3 nitrogen and oxygen atoms in total. The Bertz CT molecular complexity index is 446. The molecule has 1 unspecified atom stereocenters. The van der Waals surface area contributed by atoms with Crippen LogP contribution >= 0.6 is 11.8 Å². The topological polar surface area (TPSA) is 46.3 Å². The molecule has 19 heavy (non-hydrogen) atoms. The number of aryl methyl sites for hydroxylation is 1. The number of benzene rings is 1. The number of nitrogens with two attached hydrogens (primary N) is 1. The van der Waals surface area contributed by atoms with Crippen LogP contribution in [0.25, 0.3) is 0 Å². The predicted octanol–water partition coefficient (Wildman–Crippen LogP) is 2.28. The van der Waals surface area contributed by atoms with Gasteiger partial charge in [-0.15, -0.1) is 11.8 Å². The Morgan fingerprint density at radius 2 is 2.11 bits per heavy atom. The van der Waals surface area contributed by atoms with Gasteiger partial charge in [-0.05, 0) is 37.4 Å². The van der Waals surface area contributed by atoms with E-state index in [0.29, 0.717) is 12.3 Å². The Balaban J connectivity index is 1.84. The van der Waals surface area contributed by atoms with Crippen molar-refractivity contribution >= 4 is 17.7 Å². The highest BCUT2D eigenvalue weighted by atomic mass is 32.2. The monoisotopic (exact) mass is 278 g/mol. The zero-order chi connectivity index (χ0) is 13.9. The Hall–Kier alpha value is -1.00. The summed E-state index contributed by atoms with van der Waals surface area (Å²) < 4.78 is 0. The molecule has 0 spiro atoms. The van der Waals surface area contributed by atoms with E-state index in [-0.39, 0.29) is 11.3 Å². The SMILES string of the molecule is Cc1ccc(SCC(=O)N2CCC(C)(CN)C2)cc1. The summed E-state index contributed by atoms with van der Waals surface area (Å²) in [6, 6.07) is 8.30. The molecule has 1 heterocycles. The van der Waals surface area contributed by atoms with Crippen LogP contribution in [0.2, 0.25) is 0 Å². The molecule has 4 heteroatoms. The summed E-state index contributed by atoms with van der Waals surface area (Å²) in [5.74, 6) is 0.742. The highest BCUT2D eigenvalue weighted by Crippen LogP contribution is 2.29. The van der Waals surface area contributed by atoms with E-state index >= 15 is 0 Å². The molecule has 104 valence electrons. The summed E-state index contributed by atoms with van der Waals surface area (Å²) in [7, 11) is 0. The van der Waals surface area contributed by atoms with Crippen molar-refractivity contribution in [2.45, 2.75) is 25.2 Å². The molecule has 1 amide bonds. The van der Waals surface area contributed by atoms with Crippen LogP contribution in [-0.4, -0.2) is 36.2 Å². The minimum atomic E-state index is 0.115. The standard InChI is InChI=1S/C15H22N2OS/c1-12-3-5-13(6-4-12)19-9-14(18)17-8-7-15(2,10-16)11-17/h3-6H,7-11,16H2,1-2H3. The number of amides is 1. The Morgan fingerprint density at radius 1 is 1.42 bits per heavy atom. The van der Waals surface area contributed by atoms with E-state index in [1.807, 2.05) is 4.90 Å². The molecule has 1 aromatic rings. The van der Waals surface area contributed by atoms with E-state index < -0.39 is 0 Å². The molecular formula is C15H22N2OS. The number of thioether (sulfide) groups is 1. The van der Waals surface area contributed by atoms with E-state index in [0.717, 1.165) is 24.4 Å². The van der Waals surface area contributed by atoms with E-state index in [1.165, 1.54) is 5.56 Å². The van der Waals surface area contributed by atoms with Gasteiger partial charge in [0.25, 0.3) is 0 Å². The van der Waals surface area contributed by atoms with Crippen LogP contribution in [0.4, 0.5) is 0 Å². The molecule has 1 saturated heterocycles. The number of rotatable bonds is 4. The van der Waals surface area contributed by atoms with Crippen molar-refractivity contribution in [2.24, 2.45) is 11.1 Å². The van der Waals surface area contributed by atoms with E-state index in [2.05, 4.69) is 38.1 Å². The molecule has 1 aromatic carbocycles. The fourth-order valence-electron chi connectivity index (χ4n) is 2.27. The van der Waals surface area contributed by atoms with Gasteiger partial charge in [0.1, 0.15) is 0 Å². The van der Waals surface area contributed by atoms with Crippen molar-refractivity contribution in [3.63, 3.8) is 0 Å². The molecule has 1 atom stereocenters. The van der Waals surface area contributed by atoms with Gasteiger partial charge in [0.05, 0.1) is 5.75 Å². The fraction of sp³-hybridized carbons (Fsp3) is 0.533. The number of carbonyl (C=O) groups excluding carboxylic acids is 1. The number of nitrogens with zero attached hydrogens (tertiary/aromatic N) is 1. The summed E-state index contributed by atoms with van der Waals surface area (Å²) in [6.07, 6.45) is 1.02. The normalized spacial score (nSPS) is 22.8. The first-order chi connectivity index (χ1) is 9.02. The second-order valence-corrected chi connectivity index (χ2v) is 6.73. The van der Waals surface area contributed by atoms with Crippen molar-refractivity contribution in [2.75, 3.05) is 25.4 Å². The average Bonchev–Trinajstić information content (AvgIpc) is 2.81. The largest absolute Gasteiger partial charge is 0.341 e. The molecule has 1 aliphatic rings. The van der Waals surface area contributed by atoms with Crippen LogP contribution in [0.15, 0.2) is 29.2 Å². The highest BCUT2D eigenvalue weighted by molar-refractivity contribution is 8.00. The molecule has 2 N–H and O–H groups in total. The first-order valence-electron chi connectivity index (χ1n) is 6.70. The van der Waals surface area contributed by atoms with Crippen molar-refractivity contribution in [1.82, 2.24) is 4.90 Å². The molecule has 0 aliphatic carbocycles. The highest BCUT2D eigenvalue weighted by Gasteiger charge is 2.34. The first-order valence-corrected chi connectivity index (χ1v) is 7.68. The quantitative estimate of drug-likeness (QED) is 0.860. The van der Waals surface area contributed by atoms with Gasteiger partial charge in [0.15, 0.2) is 0 Å². The molecule has 1 aliphatic heterocycles. The van der Waals surface area contributed by atoms with Crippen LogP contribution in [0.5, 0.6) is 0 Å². The Morgan fingerprint density at radius 3 is 2.68 bits per heavy atom. The summed E-state index contributed by atoms with van der Waals surface area (Å²) in [4.78, 5) is 15.3. The smallest absolute Gasteiger partial charge is 0.232 e. The van der Waals surface area contributed by atoms with E-state index in [1.54, 1.807) is 11.8 Å². The van der Waals surface area contributed by atoms with Crippen molar-refractivity contribution < 1.29 is 4.79 Å². The summed E-state index contributed by atoms with van der Waals surface area (Å²) >= 11 is 1.61. The summed E-state index contributed by atoms with van der Waals surface area (Å²) in [5.41, 5.74) is 7.13. The zero-order valence-electron chi connectivity index (χ0n) is 11.7. The third kappa shape index (κ3) is 3.74. The van der Waals surface area contributed by atoms with Gasteiger partial charge < -0.3 is 10.6 Å². The molecule has 1 fully saturated rings. The van der Waals surface area contributed by atoms with Gasteiger partial charge in [0, 0.05) is 18.0 Å². The van der Waals surface area contributed by atoms with Crippen molar-refractivity contribution in [3.8, 4) is 0 Å². The van der Waals surface area contributed by atoms with Crippen LogP contribution in [0, 0.1) is 12.3 Å². The number of likely N-dealkylation sites (tertiary alicyclic amines) is 1. The van der Waals surface area contributed by atoms with Crippen molar-refractivity contribution in [3.05, 3.63) is 29.8 Å². The lowest BCUT2D eigenvalue weighted by Gasteiger charge is -2.22. The second-order valence-electron chi connectivity index (χ2n) is 5.68. The molecular weight excluding hydrogens is 256 g/mol. The summed E-state index contributed by atoms with van der Waals surface area (Å²) in [6.45, 7) is 6.53. The fourth-order valence-corrected chi connectivity index (χ4v) is 3.08. The lowest BCUT2D eigenvalue weighted by molar-refractivity contribution is -0.127. The first kappa shape index (κ1) is 14.4. The minimum Gasteiger partial charge on any atom is -0.341 e. The van der Waals surface area contributed by atoms with Crippen molar-refractivity contribution in [1.29, 1.82) is 0 Å². The molecule has 2 rings (SSSR count). The van der Waals surface area contributed by atoms with Crippen LogP contribution in [-0.2, 0) is 4.79 Å². The predicted molar refractivity (Wildman–Crippen MR) is 80.3 cm³/mol. The minimum absolute atomic E-state index is 0.115. The second kappa shape index (κ2) is 5.97. The van der Waals surface area contributed by atoms with Gasteiger partial charge in [-0.3, -0.25) is 4.79 Å². The average molecular weight is 278 g/mol. The van der Waals surface area contributed by atoms with Crippen LogP contribution < -0.4 is 5.73 Å². The Labute approximate surface area is 119 Å². The number of carbonyl (C=O) groups is 1. The molecule has 0 aromatic heterocycles. The lowest BCUT2D eigenvalue weighted by atomic mass is 9.90. The van der Waals surface area contributed by atoms with Gasteiger partial charge in [0.2, 0.25) is 5.91 Å². The molecule has 0 bridgehead atoms. The molecule has 0 saturated carbocycles.